The van der Waals surface area contributed by atoms with E-state index in [2.05, 4.69) is 191 Å². The van der Waals surface area contributed by atoms with Gasteiger partial charge in [0.2, 0.25) is 0 Å². The van der Waals surface area contributed by atoms with Crippen molar-refractivity contribution in [3.05, 3.63) is 170 Å². The van der Waals surface area contributed by atoms with Crippen molar-refractivity contribution in [3.8, 4) is 0 Å². The minimum atomic E-state index is -0.821. The number of carbonyl (C=O) groups is 3. The third kappa shape index (κ3) is 63.6. The van der Waals surface area contributed by atoms with Crippen molar-refractivity contribution in [2.75, 3.05) is 13.2 Å². The van der Waals surface area contributed by atoms with E-state index in [1.54, 1.807) is 0 Å². The minimum Gasteiger partial charge on any atom is -0.462 e. The van der Waals surface area contributed by atoms with Gasteiger partial charge in [0.15, 0.2) is 6.10 Å². The molecular weight excluding hydrogens is 985 g/mol. The molecule has 0 rings (SSSR count). The highest BCUT2D eigenvalue weighted by Crippen LogP contribution is 2.14. The Morgan fingerprint density at radius 3 is 0.787 bits per heavy atom. The molecule has 0 aliphatic heterocycles. The number of unbranched alkanes of at least 4 members (excludes halogenated alkanes) is 17. The van der Waals surface area contributed by atoms with Crippen molar-refractivity contribution in [2.24, 2.45) is 0 Å². The van der Waals surface area contributed by atoms with Crippen LogP contribution in [0.25, 0.3) is 0 Å². The number of hydrogen-bond donors (Lipinski definition) is 0. The predicted octanol–water partition coefficient (Wildman–Crippen LogP) is 22.3. The maximum absolute atomic E-state index is 12.9. The summed E-state index contributed by atoms with van der Waals surface area (Å²) >= 11 is 0. The molecule has 0 saturated heterocycles. The molecule has 0 aromatic rings. The summed E-state index contributed by atoms with van der Waals surface area (Å²) in [5, 5.41) is 0. The molecule has 0 aliphatic carbocycles. The Kier molecular flexibility index (Phi) is 61.9. The van der Waals surface area contributed by atoms with E-state index >= 15 is 0 Å². The van der Waals surface area contributed by atoms with Crippen molar-refractivity contribution in [1.82, 2.24) is 0 Å². The molecule has 448 valence electrons. The summed E-state index contributed by atoms with van der Waals surface area (Å²) in [6.45, 7) is 6.31. The van der Waals surface area contributed by atoms with Crippen molar-refractivity contribution >= 4 is 17.9 Å². The van der Waals surface area contributed by atoms with Crippen LogP contribution in [0, 0.1) is 0 Å². The summed E-state index contributed by atoms with van der Waals surface area (Å²) in [5.41, 5.74) is 0. The van der Waals surface area contributed by atoms with Gasteiger partial charge in [0.05, 0.1) is 0 Å². The normalized spacial score (nSPS) is 13.3. The van der Waals surface area contributed by atoms with Gasteiger partial charge in [-0.25, -0.2) is 0 Å². The van der Waals surface area contributed by atoms with Crippen molar-refractivity contribution < 1.29 is 28.6 Å². The van der Waals surface area contributed by atoms with Crippen LogP contribution in [0.5, 0.6) is 0 Å². The van der Waals surface area contributed by atoms with Crippen LogP contribution < -0.4 is 0 Å². The van der Waals surface area contributed by atoms with Gasteiger partial charge in [0.25, 0.3) is 0 Å². The molecule has 80 heavy (non-hydrogen) atoms. The van der Waals surface area contributed by atoms with E-state index in [1.807, 2.05) is 0 Å². The lowest BCUT2D eigenvalue weighted by atomic mass is 10.1. The molecule has 6 heteroatoms. The molecule has 0 amide bonds. The first-order valence-electron chi connectivity index (χ1n) is 32.1. The van der Waals surface area contributed by atoms with Gasteiger partial charge in [0.1, 0.15) is 13.2 Å². The fraction of sp³-hybridized carbons (Fsp3) is 0.581. The van der Waals surface area contributed by atoms with Crippen LogP contribution in [-0.2, 0) is 28.6 Å². The Morgan fingerprint density at radius 1 is 0.263 bits per heavy atom. The smallest absolute Gasteiger partial charge is 0.306 e. The first kappa shape index (κ1) is 74.8. The van der Waals surface area contributed by atoms with E-state index in [0.717, 1.165) is 161 Å². The van der Waals surface area contributed by atoms with Crippen LogP contribution in [0.3, 0.4) is 0 Å². The summed E-state index contributed by atoms with van der Waals surface area (Å²) in [6.07, 6.45) is 97.8. The first-order valence-corrected chi connectivity index (χ1v) is 32.1. The van der Waals surface area contributed by atoms with E-state index in [1.165, 1.54) is 51.4 Å². The van der Waals surface area contributed by atoms with Gasteiger partial charge in [-0.15, -0.1) is 0 Å². The SMILES string of the molecule is CC/C=C\C/C=C\C/C=C\C/C=C\C/C=C\C/C=C\CCCCCCCCCCC(=O)OCC(COC(=O)CCCCCCC/C=C\C/C=C\CCCC)OC(=O)CCCC/C=C\C/C=C\C/C=C\C/C=C\C/C=C\C/C=C\CC. The molecule has 0 aliphatic rings. The molecule has 0 aromatic carbocycles. The third-order valence-corrected chi connectivity index (χ3v) is 12.9. The van der Waals surface area contributed by atoms with E-state index in [9.17, 15) is 14.4 Å². The molecule has 0 heterocycles. The molecule has 6 nitrogen and oxygen atoms in total. The number of esters is 3. The number of allylic oxidation sites excluding steroid dienone is 28. The Morgan fingerprint density at radius 2 is 0.487 bits per heavy atom. The quantitative estimate of drug-likeness (QED) is 0.0261. The second-order valence-electron chi connectivity index (χ2n) is 20.5. The lowest BCUT2D eigenvalue weighted by Gasteiger charge is -2.18. The highest BCUT2D eigenvalue weighted by Gasteiger charge is 2.19. The molecule has 0 radical (unpaired) electrons. The van der Waals surface area contributed by atoms with E-state index in [-0.39, 0.29) is 37.5 Å². The van der Waals surface area contributed by atoms with Gasteiger partial charge in [-0.2, -0.15) is 0 Å². The summed E-state index contributed by atoms with van der Waals surface area (Å²) in [4.78, 5) is 38.3. The first-order chi connectivity index (χ1) is 39.5. The van der Waals surface area contributed by atoms with Gasteiger partial charge < -0.3 is 14.2 Å². The molecule has 1 atom stereocenters. The van der Waals surface area contributed by atoms with Gasteiger partial charge in [-0.1, -0.05) is 262 Å². The van der Waals surface area contributed by atoms with Gasteiger partial charge >= 0.3 is 17.9 Å². The molecule has 1 unspecified atom stereocenters. The molecule has 0 aromatic heterocycles. The summed E-state index contributed by atoms with van der Waals surface area (Å²) in [7, 11) is 0. The Labute approximate surface area is 492 Å². The molecule has 0 N–H and O–H groups in total. The summed E-state index contributed by atoms with van der Waals surface area (Å²) in [5.74, 6) is -0.983. The Balaban J connectivity index is 4.47. The zero-order valence-electron chi connectivity index (χ0n) is 51.3. The van der Waals surface area contributed by atoms with Crippen molar-refractivity contribution in [3.63, 3.8) is 0 Å². The third-order valence-electron chi connectivity index (χ3n) is 12.9. The number of carbonyl (C=O) groups excluding carboxylic acids is 3. The average molecular weight is 1100 g/mol. The van der Waals surface area contributed by atoms with Crippen LogP contribution in [0.2, 0.25) is 0 Å². The number of hydrogen-bond acceptors (Lipinski definition) is 6. The molecule has 0 saturated carbocycles. The van der Waals surface area contributed by atoms with Crippen molar-refractivity contribution in [1.29, 1.82) is 0 Å². The van der Waals surface area contributed by atoms with Gasteiger partial charge in [0, 0.05) is 19.3 Å². The molecule has 0 fully saturated rings. The lowest BCUT2D eigenvalue weighted by molar-refractivity contribution is -0.167. The van der Waals surface area contributed by atoms with Crippen molar-refractivity contribution in [2.45, 2.75) is 264 Å². The second-order valence-corrected chi connectivity index (χ2v) is 20.5. The Bertz CT molecular complexity index is 1840. The van der Waals surface area contributed by atoms with Crippen LogP contribution in [0.1, 0.15) is 258 Å². The monoisotopic (exact) mass is 1100 g/mol. The lowest BCUT2D eigenvalue weighted by Crippen LogP contribution is -2.30. The number of rotatable bonds is 56. The van der Waals surface area contributed by atoms with Gasteiger partial charge in [-0.3, -0.25) is 14.4 Å². The van der Waals surface area contributed by atoms with Crippen LogP contribution in [-0.4, -0.2) is 37.2 Å². The van der Waals surface area contributed by atoms with Crippen LogP contribution >= 0.6 is 0 Å². The standard InChI is InChI=1S/C74H116O6/c1-4-7-10-13-16-19-22-25-28-30-32-34-35-36-37-38-39-41-42-44-46-49-52-55-58-61-64-67-73(76)79-70-71(69-78-72(75)66-63-60-57-54-51-48-27-24-21-18-15-12-9-6-3)80-74(77)68-65-62-59-56-53-50-47-45-43-40-33-31-29-26-23-20-17-14-11-8-5-2/h7-8,10-11,15-20,24-29,32-34,36-37,39-41,45,47,53,56,71H,4-6,9,12-14,21-23,30-31,35,38,42-44,46,48-52,54-55,57-70H2,1-3H3/b10-7-,11-8-,18-15-,19-16-,20-17-,27-24-,28-25-,29-26-,34-32-,37-36-,40-33-,41-39-,47-45-,56-53-. The molecular formula is C74H116O6. The molecule has 0 bridgehead atoms. The van der Waals surface area contributed by atoms with Crippen LogP contribution in [0.15, 0.2) is 170 Å². The minimum absolute atomic E-state index is 0.113. The zero-order valence-corrected chi connectivity index (χ0v) is 51.3. The highest BCUT2D eigenvalue weighted by atomic mass is 16.6. The maximum Gasteiger partial charge on any atom is 0.306 e. The average Bonchev–Trinajstić information content (AvgIpc) is 3.46. The maximum atomic E-state index is 12.9. The van der Waals surface area contributed by atoms with Gasteiger partial charge in [-0.05, 0) is 148 Å². The van der Waals surface area contributed by atoms with E-state index < -0.39 is 6.10 Å². The fourth-order valence-corrected chi connectivity index (χ4v) is 8.17. The Hall–Kier alpha value is -5.23. The van der Waals surface area contributed by atoms with Crippen LogP contribution in [0.4, 0.5) is 0 Å². The predicted molar refractivity (Wildman–Crippen MR) is 348 cm³/mol. The van der Waals surface area contributed by atoms with E-state index in [4.69, 9.17) is 14.2 Å². The highest BCUT2D eigenvalue weighted by molar-refractivity contribution is 5.71. The van der Waals surface area contributed by atoms with E-state index in [0.29, 0.717) is 19.3 Å². The largest absolute Gasteiger partial charge is 0.462 e. The molecule has 0 spiro atoms. The summed E-state index contributed by atoms with van der Waals surface area (Å²) < 4.78 is 16.9. The topological polar surface area (TPSA) is 78.9 Å². The summed E-state index contributed by atoms with van der Waals surface area (Å²) in [6, 6.07) is 0. The number of ether oxygens (including phenoxy) is 3. The fourth-order valence-electron chi connectivity index (χ4n) is 8.17. The zero-order chi connectivity index (χ0) is 57.8. The second kappa shape index (κ2) is 66.3.